The Kier molecular flexibility index (Phi) is 9.01. The van der Waals surface area contributed by atoms with E-state index < -0.39 is 10.0 Å². The molecule has 0 bridgehead atoms. The number of aryl methyl sites for hydroxylation is 2. The van der Waals surface area contributed by atoms with Crippen molar-refractivity contribution in [1.82, 2.24) is 4.57 Å². The Hall–Kier alpha value is -4.05. The van der Waals surface area contributed by atoms with Crippen LogP contribution < -0.4 is 0 Å². The average molecular weight is 692 g/mol. The van der Waals surface area contributed by atoms with Crippen LogP contribution in [0.25, 0.3) is 33.3 Å². The first-order valence-corrected chi connectivity index (χ1v) is 21.3. The molecule has 0 amide bonds. The second-order valence-corrected chi connectivity index (χ2v) is 20.0. The molecule has 3 unspecified atom stereocenters. The van der Waals surface area contributed by atoms with Gasteiger partial charge in [0, 0.05) is 46.2 Å². The van der Waals surface area contributed by atoms with Gasteiger partial charge in [-0.2, -0.15) is 0 Å². The van der Waals surface area contributed by atoms with Crippen molar-refractivity contribution in [2.75, 3.05) is 18.6 Å². The Morgan fingerprint density at radius 3 is 2.08 bits per heavy atom. The largest absolute Gasteiger partial charge is 0.376 e. The van der Waals surface area contributed by atoms with Gasteiger partial charge in [0.1, 0.15) is 0 Å². The van der Waals surface area contributed by atoms with E-state index >= 15 is 0 Å². The van der Waals surface area contributed by atoms with Crippen LogP contribution in [0.4, 0.5) is 0 Å². The van der Waals surface area contributed by atoms with Crippen molar-refractivity contribution < 1.29 is 4.74 Å². The van der Waals surface area contributed by atoms with Crippen LogP contribution in [0.15, 0.2) is 115 Å². The van der Waals surface area contributed by atoms with E-state index in [4.69, 9.17) is 4.74 Å². The highest BCUT2D eigenvalue weighted by Gasteiger charge is 2.48. The molecule has 2 nitrogen and oxygen atoms in total. The van der Waals surface area contributed by atoms with E-state index in [-0.39, 0.29) is 5.60 Å². The molecule has 3 heteroatoms. The number of aromatic nitrogens is 1. The molecule has 51 heavy (non-hydrogen) atoms. The van der Waals surface area contributed by atoms with Crippen LogP contribution in [0.3, 0.4) is 0 Å². The minimum Gasteiger partial charge on any atom is -0.376 e. The van der Waals surface area contributed by atoms with Gasteiger partial charge in [-0.25, -0.2) is 10.0 Å². The minimum absolute atomic E-state index is 0.0737. The van der Waals surface area contributed by atoms with E-state index in [1.807, 2.05) is 0 Å². The van der Waals surface area contributed by atoms with Gasteiger partial charge in [-0.15, -0.1) is 0 Å². The lowest BCUT2D eigenvalue weighted by Gasteiger charge is -2.48. The van der Waals surface area contributed by atoms with E-state index in [0.29, 0.717) is 10.5 Å². The molecule has 262 valence electrons. The molecule has 2 aliphatic carbocycles. The molecular formula is C48H53NOS. The first-order valence-electron chi connectivity index (χ1n) is 19.0. The maximum Gasteiger partial charge on any atom is 0.0598 e. The van der Waals surface area contributed by atoms with Crippen LogP contribution in [0, 0.1) is 6.92 Å². The summed E-state index contributed by atoms with van der Waals surface area (Å²) in [6.45, 7) is 9.57. The van der Waals surface area contributed by atoms with Crippen LogP contribution in [0.1, 0.15) is 95.9 Å². The van der Waals surface area contributed by atoms with E-state index in [1.54, 1.807) is 11.1 Å². The molecule has 0 fully saturated rings. The molecule has 2 aliphatic rings. The summed E-state index contributed by atoms with van der Waals surface area (Å²) in [5, 5.41) is 2.14. The Morgan fingerprint density at radius 1 is 0.647 bits per heavy atom. The highest BCUT2D eigenvalue weighted by Crippen LogP contribution is 2.77. The zero-order valence-corrected chi connectivity index (χ0v) is 32.2. The van der Waals surface area contributed by atoms with Gasteiger partial charge in [0.05, 0.1) is 11.3 Å². The van der Waals surface area contributed by atoms with Gasteiger partial charge >= 0.3 is 0 Å². The molecule has 3 atom stereocenters. The number of ether oxygens (including phenoxy) is 1. The molecular weight excluding hydrogens is 639 g/mol. The molecule has 0 radical (unpaired) electrons. The maximum absolute atomic E-state index is 6.11. The fourth-order valence-electron chi connectivity index (χ4n) is 9.19. The highest BCUT2D eigenvalue weighted by molar-refractivity contribution is 8.33. The lowest BCUT2D eigenvalue weighted by atomic mass is 9.99. The Balaban J connectivity index is 1.27. The van der Waals surface area contributed by atoms with Gasteiger partial charge < -0.3 is 9.30 Å². The van der Waals surface area contributed by atoms with Crippen molar-refractivity contribution >= 4 is 20.9 Å². The maximum atomic E-state index is 6.11. The number of unbranched alkanes of at least 4 members (excludes halogenated alkanes) is 3. The Bertz CT molecular complexity index is 2210. The first-order chi connectivity index (χ1) is 24.6. The van der Waals surface area contributed by atoms with Gasteiger partial charge in [-0.3, -0.25) is 0 Å². The van der Waals surface area contributed by atoms with Gasteiger partial charge in [-0.1, -0.05) is 122 Å². The number of benzene rings is 5. The molecule has 0 saturated heterocycles. The lowest BCUT2D eigenvalue weighted by Crippen LogP contribution is -2.21. The van der Waals surface area contributed by atoms with Crippen molar-refractivity contribution in [1.29, 1.82) is 0 Å². The van der Waals surface area contributed by atoms with Crippen molar-refractivity contribution in [2.24, 2.45) is 7.05 Å². The highest BCUT2D eigenvalue weighted by atomic mass is 32.3. The molecule has 1 aromatic heterocycles. The van der Waals surface area contributed by atoms with Crippen molar-refractivity contribution in [3.63, 3.8) is 0 Å². The number of rotatable bonds is 11. The summed E-state index contributed by atoms with van der Waals surface area (Å²) in [6.07, 6.45) is 8.50. The summed E-state index contributed by atoms with van der Waals surface area (Å²) in [4.78, 5) is 0. The van der Waals surface area contributed by atoms with Crippen LogP contribution in [0.2, 0.25) is 0 Å². The summed E-state index contributed by atoms with van der Waals surface area (Å²) >= 11 is 0. The quantitative estimate of drug-likeness (QED) is 0.123. The van der Waals surface area contributed by atoms with Crippen molar-refractivity contribution in [2.45, 2.75) is 75.9 Å². The summed E-state index contributed by atoms with van der Waals surface area (Å²) in [5.74, 6) is 1.23. The van der Waals surface area contributed by atoms with Gasteiger partial charge in [0.15, 0.2) is 0 Å². The predicted octanol–water partition coefficient (Wildman–Crippen LogP) is 12.7. The average Bonchev–Trinajstić information content (AvgIpc) is 3.73. The zero-order chi connectivity index (χ0) is 35.3. The second kappa shape index (κ2) is 13.5. The SMILES string of the molecule is Cc1ccc2c(c1)c1c(n2C)-c2ccccc2C1S(C)(CCCCCCOC(C)(C)C)C1c2ccccc2-c2ccc(Cc3ccccc3)cc21. The van der Waals surface area contributed by atoms with Crippen LogP contribution >= 0.6 is 10.0 Å². The van der Waals surface area contributed by atoms with E-state index in [2.05, 4.69) is 161 Å². The smallest absolute Gasteiger partial charge is 0.0598 e. The van der Waals surface area contributed by atoms with Crippen LogP contribution in [-0.2, 0) is 18.2 Å². The lowest BCUT2D eigenvalue weighted by molar-refractivity contribution is -0.00470. The number of fused-ring (bicyclic) bond motifs is 8. The standard InChI is InChI=1S/C48H53NOS/c1-33-24-27-43-42(30-33)44-45(49(43)5)38-21-13-15-23-40(38)47(44)51(6,29-17-8-7-16-28-50-48(2,3)4)46-39-22-14-12-20-36(39)37-26-25-35(32-41(37)46)31-34-18-10-9-11-19-34/h9-15,18-27,30,32,46-47H,7-8,16-17,28-29,31H2,1-6H3. The molecule has 6 aromatic rings. The van der Waals surface area contributed by atoms with Gasteiger partial charge in [0.2, 0.25) is 0 Å². The van der Waals surface area contributed by atoms with Gasteiger partial charge in [-0.05, 0) is 110 Å². The number of nitrogens with zero attached hydrogens (tertiary/aromatic N) is 1. The molecule has 5 aromatic carbocycles. The fourth-order valence-corrected chi connectivity index (χ4v) is 13.9. The molecule has 0 saturated carbocycles. The Labute approximate surface area is 307 Å². The third-order valence-corrected chi connectivity index (χ3v) is 15.7. The number of hydrogen-bond acceptors (Lipinski definition) is 1. The summed E-state index contributed by atoms with van der Waals surface area (Å²) < 4.78 is 8.60. The third kappa shape index (κ3) is 6.17. The summed E-state index contributed by atoms with van der Waals surface area (Å²) in [7, 11) is 0.899. The predicted molar refractivity (Wildman–Crippen MR) is 220 cm³/mol. The minimum atomic E-state index is -1.39. The Morgan fingerprint density at radius 2 is 1.31 bits per heavy atom. The molecule has 1 heterocycles. The van der Waals surface area contributed by atoms with E-state index in [9.17, 15) is 0 Å². The molecule has 0 spiro atoms. The van der Waals surface area contributed by atoms with E-state index in [1.165, 1.54) is 86.1 Å². The third-order valence-electron chi connectivity index (χ3n) is 11.4. The second-order valence-electron chi connectivity index (χ2n) is 16.2. The van der Waals surface area contributed by atoms with Crippen molar-refractivity contribution in [3.05, 3.63) is 154 Å². The topological polar surface area (TPSA) is 14.2 Å². The fraction of sp³-hybridized carbons (Fsp3) is 0.333. The van der Waals surface area contributed by atoms with Crippen LogP contribution in [0.5, 0.6) is 0 Å². The number of hydrogen-bond donors (Lipinski definition) is 0. The molecule has 8 rings (SSSR count). The summed E-state index contributed by atoms with van der Waals surface area (Å²) in [6, 6.07) is 44.3. The zero-order valence-electron chi connectivity index (χ0n) is 31.3. The molecule has 0 aliphatic heterocycles. The van der Waals surface area contributed by atoms with Crippen molar-refractivity contribution in [3.8, 4) is 22.4 Å². The monoisotopic (exact) mass is 691 g/mol. The normalized spacial score (nSPS) is 17.8. The van der Waals surface area contributed by atoms with Crippen LogP contribution in [-0.4, -0.2) is 28.8 Å². The van der Waals surface area contributed by atoms with E-state index in [0.717, 1.165) is 19.4 Å². The first kappa shape index (κ1) is 34.1. The summed E-state index contributed by atoms with van der Waals surface area (Å²) in [5.41, 5.74) is 17.3. The van der Waals surface area contributed by atoms with Gasteiger partial charge in [0.25, 0.3) is 0 Å². The molecule has 0 N–H and O–H groups in total.